The molecule has 0 bridgehead atoms. The average Bonchev–Trinajstić information content (AvgIpc) is 3.27. The summed E-state index contributed by atoms with van der Waals surface area (Å²) in [6, 6.07) is -5.23. The third kappa shape index (κ3) is 9.53. The molecule has 14 nitrogen and oxygen atoms in total. The summed E-state index contributed by atoms with van der Waals surface area (Å²) in [6.45, 7) is 0.875. The minimum absolute atomic E-state index is 0.103. The number of rotatable bonds is 15. The van der Waals surface area contributed by atoms with Gasteiger partial charge in [0.2, 0.25) is 17.7 Å². The molecule has 186 valence electrons. The summed E-state index contributed by atoms with van der Waals surface area (Å²) in [5.41, 5.74) is 11.6. The number of aliphatic hydroxyl groups is 2. The summed E-state index contributed by atoms with van der Waals surface area (Å²) in [5, 5.41) is 35.2. The van der Waals surface area contributed by atoms with Crippen LogP contribution in [0.5, 0.6) is 0 Å². The molecular formula is C19H33N7O7. The first-order valence-corrected chi connectivity index (χ1v) is 10.5. The van der Waals surface area contributed by atoms with Gasteiger partial charge in [0.1, 0.15) is 12.1 Å². The van der Waals surface area contributed by atoms with Gasteiger partial charge in [-0.3, -0.25) is 14.4 Å². The lowest BCUT2D eigenvalue weighted by molar-refractivity contribution is -0.145. The Morgan fingerprint density at radius 3 is 2.24 bits per heavy atom. The van der Waals surface area contributed by atoms with Crippen LogP contribution in [0.4, 0.5) is 0 Å². The number of carbonyl (C=O) groups is 4. The number of carbonyl (C=O) groups excluding carboxylic acids is 3. The van der Waals surface area contributed by atoms with Gasteiger partial charge in [-0.15, -0.1) is 0 Å². The Bertz CT molecular complexity index is 773. The first-order chi connectivity index (χ1) is 15.6. The fourth-order valence-corrected chi connectivity index (χ4v) is 2.85. The normalized spacial score (nSPS) is 15.5. The number of hydrogen-bond donors (Lipinski definition) is 9. The van der Waals surface area contributed by atoms with E-state index < -0.39 is 60.6 Å². The molecule has 0 radical (unpaired) electrons. The van der Waals surface area contributed by atoms with Crippen molar-refractivity contribution in [3.63, 3.8) is 0 Å². The number of unbranched alkanes of at least 4 members (excludes halogenated alkanes) is 1. The number of nitrogens with one attached hydrogen (secondary N) is 4. The molecule has 3 amide bonds. The summed E-state index contributed by atoms with van der Waals surface area (Å²) in [4.78, 5) is 55.5. The van der Waals surface area contributed by atoms with E-state index in [4.69, 9.17) is 11.5 Å². The predicted octanol–water partition coefficient (Wildman–Crippen LogP) is -3.68. The molecule has 0 saturated heterocycles. The number of hydrogen-bond acceptors (Lipinski definition) is 9. The maximum Gasteiger partial charge on any atom is 0.328 e. The van der Waals surface area contributed by atoms with Crippen LogP contribution in [0.1, 0.15) is 31.9 Å². The Balaban J connectivity index is 2.88. The number of carboxylic acids is 1. The van der Waals surface area contributed by atoms with Gasteiger partial charge in [0.05, 0.1) is 25.1 Å². The van der Waals surface area contributed by atoms with Crippen LogP contribution in [0.15, 0.2) is 12.5 Å². The van der Waals surface area contributed by atoms with Crippen molar-refractivity contribution in [2.45, 2.75) is 62.9 Å². The van der Waals surface area contributed by atoms with E-state index in [1.165, 1.54) is 19.4 Å². The van der Waals surface area contributed by atoms with Crippen molar-refractivity contribution in [1.29, 1.82) is 0 Å². The average molecular weight is 472 g/mol. The van der Waals surface area contributed by atoms with Gasteiger partial charge >= 0.3 is 5.97 Å². The second-order valence-electron chi connectivity index (χ2n) is 7.54. The van der Waals surface area contributed by atoms with Crippen LogP contribution in [-0.2, 0) is 25.6 Å². The minimum atomic E-state index is -1.61. The Kier molecular flexibility index (Phi) is 12.0. The van der Waals surface area contributed by atoms with E-state index in [0.717, 1.165) is 0 Å². The first kappa shape index (κ1) is 28.0. The van der Waals surface area contributed by atoms with E-state index in [-0.39, 0.29) is 6.42 Å². The van der Waals surface area contributed by atoms with Gasteiger partial charge in [0.15, 0.2) is 6.04 Å². The Labute approximate surface area is 190 Å². The highest BCUT2D eigenvalue weighted by atomic mass is 16.4. The lowest BCUT2D eigenvalue weighted by Gasteiger charge is -2.25. The highest BCUT2D eigenvalue weighted by molar-refractivity contribution is 5.94. The van der Waals surface area contributed by atoms with Crippen LogP contribution in [0.3, 0.4) is 0 Å². The van der Waals surface area contributed by atoms with Gasteiger partial charge < -0.3 is 47.7 Å². The van der Waals surface area contributed by atoms with Gasteiger partial charge in [-0.25, -0.2) is 9.78 Å². The van der Waals surface area contributed by atoms with E-state index >= 15 is 0 Å². The van der Waals surface area contributed by atoms with Crippen LogP contribution in [-0.4, -0.2) is 92.4 Å². The van der Waals surface area contributed by atoms with Gasteiger partial charge in [-0.05, 0) is 26.3 Å². The van der Waals surface area contributed by atoms with E-state index in [0.29, 0.717) is 31.5 Å². The molecule has 0 saturated carbocycles. The number of carboxylic acid groups (broad SMARTS) is 1. The fraction of sp³-hybridized carbons (Fsp3) is 0.632. The molecule has 33 heavy (non-hydrogen) atoms. The Morgan fingerprint density at radius 2 is 1.73 bits per heavy atom. The molecule has 0 spiro atoms. The number of aliphatic carboxylic acids is 1. The number of nitrogens with zero attached hydrogens (tertiary/aromatic N) is 1. The van der Waals surface area contributed by atoms with E-state index in [1.54, 1.807) is 0 Å². The van der Waals surface area contributed by atoms with Crippen molar-refractivity contribution in [3.05, 3.63) is 18.2 Å². The van der Waals surface area contributed by atoms with Crippen LogP contribution in [0.25, 0.3) is 0 Å². The number of H-pyrrole nitrogens is 1. The zero-order valence-corrected chi connectivity index (χ0v) is 18.4. The first-order valence-electron chi connectivity index (χ1n) is 10.5. The minimum Gasteiger partial charge on any atom is -0.480 e. The summed E-state index contributed by atoms with van der Waals surface area (Å²) in [5.74, 6) is -3.90. The van der Waals surface area contributed by atoms with Crippen LogP contribution < -0.4 is 27.4 Å². The lowest BCUT2D eigenvalue weighted by atomic mass is 10.1. The monoisotopic (exact) mass is 471 g/mol. The SMILES string of the molecule is CC(O)C(NC(=O)C(Cc1cnc[nH]1)NC(=O)C(CO)NC(=O)C(N)CCCCN)C(=O)O. The van der Waals surface area contributed by atoms with Crippen molar-refractivity contribution in [2.75, 3.05) is 13.2 Å². The number of nitrogens with two attached hydrogens (primary N) is 2. The number of aromatic amines is 1. The zero-order chi connectivity index (χ0) is 25.0. The van der Waals surface area contributed by atoms with Crippen LogP contribution >= 0.6 is 0 Å². The van der Waals surface area contributed by atoms with Crippen molar-refractivity contribution in [2.24, 2.45) is 11.5 Å². The fourth-order valence-electron chi connectivity index (χ4n) is 2.85. The standard InChI is InChI=1S/C19H33N7O7/c1-10(28)15(19(32)33)26-17(30)13(6-11-7-22-9-23-11)24-18(31)14(8-27)25-16(29)12(21)4-2-3-5-20/h7,9-10,12-15,27-28H,2-6,8,20-21H2,1H3,(H,22,23)(H,24,31)(H,25,29)(H,26,30)(H,32,33). The summed E-state index contributed by atoms with van der Waals surface area (Å²) < 4.78 is 0. The topological polar surface area (TPSA) is 246 Å². The van der Waals surface area contributed by atoms with Gasteiger partial charge in [0, 0.05) is 18.3 Å². The number of aliphatic hydroxyl groups excluding tert-OH is 2. The van der Waals surface area contributed by atoms with Crippen LogP contribution in [0.2, 0.25) is 0 Å². The molecule has 0 fully saturated rings. The van der Waals surface area contributed by atoms with Gasteiger partial charge in [-0.2, -0.15) is 0 Å². The van der Waals surface area contributed by atoms with Crippen molar-refractivity contribution >= 4 is 23.7 Å². The molecule has 5 atom stereocenters. The molecular weight excluding hydrogens is 438 g/mol. The second-order valence-corrected chi connectivity index (χ2v) is 7.54. The number of amides is 3. The summed E-state index contributed by atoms with van der Waals surface area (Å²) in [6.07, 6.45) is 2.88. The van der Waals surface area contributed by atoms with E-state index in [9.17, 15) is 34.5 Å². The molecule has 0 aliphatic heterocycles. The predicted molar refractivity (Wildman–Crippen MR) is 115 cm³/mol. The second kappa shape index (κ2) is 14.2. The zero-order valence-electron chi connectivity index (χ0n) is 18.4. The third-order valence-corrected chi connectivity index (χ3v) is 4.78. The maximum absolute atomic E-state index is 12.7. The van der Waals surface area contributed by atoms with E-state index in [1.807, 2.05) is 0 Å². The Morgan fingerprint density at radius 1 is 1.09 bits per heavy atom. The van der Waals surface area contributed by atoms with Gasteiger partial charge in [0.25, 0.3) is 0 Å². The molecule has 1 aromatic rings. The summed E-state index contributed by atoms with van der Waals surface area (Å²) in [7, 11) is 0. The molecule has 0 aliphatic rings. The molecule has 1 rings (SSSR count). The van der Waals surface area contributed by atoms with Crippen molar-refractivity contribution in [1.82, 2.24) is 25.9 Å². The third-order valence-electron chi connectivity index (χ3n) is 4.78. The highest BCUT2D eigenvalue weighted by Gasteiger charge is 2.32. The van der Waals surface area contributed by atoms with Crippen molar-refractivity contribution in [3.8, 4) is 0 Å². The van der Waals surface area contributed by atoms with Crippen molar-refractivity contribution < 1.29 is 34.5 Å². The largest absolute Gasteiger partial charge is 0.480 e. The van der Waals surface area contributed by atoms with Crippen LogP contribution in [0, 0.1) is 0 Å². The molecule has 14 heteroatoms. The highest BCUT2D eigenvalue weighted by Crippen LogP contribution is 2.03. The Hall–Kier alpha value is -3.07. The number of aromatic nitrogens is 2. The maximum atomic E-state index is 12.7. The summed E-state index contributed by atoms with van der Waals surface area (Å²) >= 11 is 0. The molecule has 11 N–H and O–H groups in total. The van der Waals surface area contributed by atoms with E-state index in [2.05, 4.69) is 25.9 Å². The molecule has 0 aromatic carbocycles. The lowest BCUT2D eigenvalue weighted by Crippen LogP contribution is -2.59. The molecule has 5 unspecified atom stereocenters. The quantitative estimate of drug-likeness (QED) is 0.113. The smallest absolute Gasteiger partial charge is 0.328 e. The molecule has 1 heterocycles. The number of imidazole rings is 1. The van der Waals surface area contributed by atoms with Gasteiger partial charge in [-0.1, -0.05) is 6.42 Å². The molecule has 1 aromatic heterocycles. The molecule has 0 aliphatic carbocycles.